The molecule has 0 heterocycles. The van der Waals surface area contributed by atoms with Crippen molar-refractivity contribution in [3.05, 3.63) is 70.8 Å². The lowest BCUT2D eigenvalue weighted by molar-refractivity contribution is -0.146. The van der Waals surface area contributed by atoms with E-state index in [0.29, 0.717) is 12.0 Å². The lowest BCUT2D eigenvalue weighted by Crippen LogP contribution is -2.56. The Morgan fingerprint density at radius 2 is 1.62 bits per heavy atom. The van der Waals surface area contributed by atoms with Crippen molar-refractivity contribution < 1.29 is 28.7 Å². The summed E-state index contributed by atoms with van der Waals surface area (Å²) in [6.07, 6.45) is 0.0552. The highest BCUT2D eigenvalue weighted by Gasteiger charge is 2.39. The molecule has 230 valence electrons. The molecule has 0 aliphatic rings. The quantitative estimate of drug-likeness (QED) is 0.315. The Morgan fingerprint density at radius 1 is 0.952 bits per heavy atom. The molecule has 0 saturated carbocycles. The normalized spacial score (nSPS) is 13.3. The maximum absolute atomic E-state index is 14.5. The summed E-state index contributed by atoms with van der Waals surface area (Å²) in [7, 11) is 0. The van der Waals surface area contributed by atoms with Crippen LogP contribution >= 0.6 is 0 Å². The van der Waals surface area contributed by atoms with Crippen LogP contribution in [0, 0.1) is 13.8 Å². The molecular weight excluding hydrogens is 534 g/mol. The summed E-state index contributed by atoms with van der Waals surface area (Å²) in [5, 5.41) is 5.63. The lowest BCUT2D eigenvalue weighted by Gasteiger charge is -2.39. The molecule has 2 rings (SSSR count). The number of hydrogen-bond donors (Lipinski definition) is 2. The van der Waals surface area contributed by atoms with E-state index in [9.17, 15) is 19.2 Å². The highest BCUT2D eigenvalue weighted by atomic mass is 16.6. The standard InChI is InChI=1S/C33H47N3O6/c1-9-23(4)36(31(39)27(21-25-16-12-11-13-17-25)35-32(40)42-33(6,7)8)29(26-18-14-15-22(3)24(26)5)30(38)34-20-19-28(37)41-10-2/h11-18,23,27,29H,9-10,19-21H2,1-8H3,(H,34,38)(H,35,40). The van der Waals surface area contributed by atoms with Gasteiger partial charge < -0.3 is 25.0 Å². The topological polar surface area (TPSA) is 114 Å². The molecule has 0 aliphatic heterocycles. The highest BCUT2D eigenvalue weighted by molar-refractivity contribution is 5.93. The molecule has 0 saturated heterocycles. The van der Waals surface area contributed by atoms with Crippen LogP contribution in [0.2, 0.25) is 0 Å². The molecule has 3 atom stereocenters. The molecule has 2 aromatic carbocycles. The van der Waals surface area contributed by atoms with Crippen molar-refractivity contribution in [2.75, 3.05) is 13.2 Å². The van der Waals surface area contributed by atoms with E-state index >= 15 is 0 Å². The minimum Gasteiger partial charge on any atom is -0.466 e. The third-order valence-electron chi connectivity index (χ3n) is 6.99. The monoisotopic (exact) mass is 581 g/mol. The first-order valence-electron chi connectivity index (χ1n) is 14.6. The van der Waals surface area contributed by atoms with E-state index in [4.69, 9.17) is 9.47 Å². The molecule has 42 heavy (non-hydrogen) atoms. The van der Waals surface area contributed by atoms with E-state index in [1.807, 2.05) is 76.2 Å². The number of esters is 1. The zero-order valence-corrected chi connectivity index (χ0v) is 26.3. The van der Waals surface area contributed by atoms with E-state index in [2.05, 4.69) is 10.6 Å². The van der Waals surface area contributed by atoms with Crippen molar-refractivity contribution in [3.63, 3.8) is 0 Å². The summed E-state index contributed by atoms with van der Waals surface area (Å²) in [5.41, 5.74) is 2.61. The highest BCUT2D eigenvalue weighted by Crippen LogP contribution is 2.30. The van der Waals surface area contributed by atoms with Gasteiger partial charge in [0, 0.05) is 19.0 Å². The van der Waals surface area contributed by atoms with Crippen molar-refractivity contribution in [1.29, 1.82) is 0 Å². The predicted molar refractivity (Wildman–Crippen MR) is 163 cm³/mol. The van der Waals surface area contributed by atoms with Gasteiger partial charge in [-0.05, 0) is 77.1 Å². The van der Waals surface area contributed by atoms with Gasteiger partial charge in [-0.3, -0.25) is 14.4 Å². The third kappa shape index (κ3) is 10.2. The molecular formula is C33H47N3O6. The number of amides is 3. The number of nitrogens with one attached hydrogen (secondary N) is 2. The predicted octanol–water partition coefficient (Wildman–Crippen LogP) is 5.18. The fourth-order valence-corrected chi connectivity index (χ4v) is 4.58. The SMILES string of the molecule is CCOC(=O)CCNC(=O)C(c1cccc(C)c1C)N(C(=O)C(Cc1ccccc1)NC(=O)OC(C)(C)C)C(C)CC. The van der Waals surface area contributed by atoms with Crippen molar-refractivity contribution in [3.8, 4) is 0 Å². The first-order chi connectivity index (χ1) is 19.8. The summed E-state index contributed by atoms with van der Waals surface area (Å²) in [5.74, 6) is -1.25. The maximum Gasteiger partial charge on any atom is 0.408 e. The second-order valence-electron chi connectivity index (χ2n) is 11.4. The van der Waals surface area contributed by atoms with Gasteiger partial charge in [0.05, 0.1) is 13.0 Å². The van der Waals surface area contributed by atoms with Gasteiger partial charge in [-0.25, -0.2) is 4.79 Å². The largest absolute Gasteiger partial charge is 0.466 e. The Kier molecular flexibility index (Phi) is 13.0. The number of rotatable bonds is 13. The van der Waals surface area contributed by atoms with E-state index in [1.54, 1.807) is 32.6 Å². The van der Waals surface area contributed by atoms with Gasteiger partial charge in [-0.15, -0.1) is 0 Å². The lowest BCUT2D eigenvalue weighted by atomic mass is 9.93. The molecule has 0 aliphatic carbocycles. The first kappa shape index (κ1) is 34.3. The third-order valence-corrected chi connectivity index (χ3v) is 6.99. The Bertz CT molecular complexity index is 1210. The van der Waals surface area contributed by atoms with Gasteiger partial charge in [0.1, 0.15) is 17.7 Å². The summed E-state index contributed by atoms with van der Waals surface area (Å²) in [6, 6.07) is 12.7. The number of carbonyl (C=O) groups excluding carboxylic acids is 4. The molecule has 0 bridgehead atoms. The van der Waals surface area contributed by atoms with Crippen LogP contribution in [-0.4, -0.2) is 59.6 Å². The van der Waals surface area contributed by atoms with Crippen LogP contribution in [0.15, 0.2) is 48.5 Å². The Balaban J connectivity index is 2.57. The summed E-state index contributed by atoms with van der Waals surface area (Å²) < 4.78 is 10.5. The Hall–Kier alpha value is -3.88. The number of ether oxygens (including phenoxy) is 2. The van der Waals surface area contributed by atoms with Crippen LogP contribution in [0.3, 0.4) is 0 Å². The van der Waals surface area contributed by atoms with Crippen LogP contribution in [0.4, 0.5) is 4.79 Å². The zero-order valence-electron chi connectivity index (χ0n) is 26.3. The van der Waals surface area contributed by atoms with Crippen LogP contribution in [0.25, 0.3) is 0 Å². The molecule has 0 fully saturated rings. The fraction of sp³-hybridized carbons (Fsp3) is 0.515. The summed E-state index contributed by atoms with van der Waals surface area (Å²) in [4.78, 5) is 54.9. The van der Waals surface area contributed by atoms with Crippen LogP contribution in [0.5, 0.6) is 0 Å². The first-order valence-corrected chi connectivity index (χ1v) is 14.6. The number of nitrogens with zero attached hydrogens (tertiary/aromatic N) is 1. The maximum atomic E-state index is 14.5. The van der Waals surface area contributed by atoms with Gasteiger partial charge in [0.2, 0.25) is 11.8 Å². The average molecular weight is 582 g/mol. The molecule has 2 N–H and O–H groups in total. The Morgan fingerprint density at radius 3 is 2.21 bits per heavy atom. The van der Waals surface area contributed by atoms with Crippen LogP contribution < -0.4 is 10.6 Å². The summed E-state index contributed by atoms with van der Waals surface area (Å²) in [6.45, 7) is 15.0. The fourth-order valence-electron chi connectivity index (χ4n) is 4.58. The smallest absolute Gasteiger partial charge is 0.408 e. The number of carbonyl (C=O) groups is 4. The minimum atomic E-state index is -1.01. The zero-order chi connectivity index (χ0) is 31.4. The molecule has 3 amide bonds. The second kappa shape index (κ2) is 15.9. The van der Waals surface area contributed by atoms with Crippen LogP contribution in [-0.2, 0) is 30.3 Å². The Labute approximate surface area is 250 Å². The van der Waals surface area contributed by atoms with Crippen molar-refractivity contribution in [2.24, 2.45) is 0 Å². The number of benzene rings is 2. The molecule has 0 spiro atoms. The number of hydrogen-bond acceptors (Lipinski definition) is 6. The molecule has 0 radical (unpaired) electrons. The molecule has 9 nitrogen and oxygen atoms in total. The van der Waals surface area contributed by atoms with Crippen molar-refractivity contribution >= 4 is 23.9 Å². The number of alkyl carbamates (subject to hydrolysis) is 1. The van der Waals surface area contributed by atoms with Crippen molar-refractivity contribution in [2.45, 2.75) is 98.4 Å². The molecule has 3 unspecified atom stereocenters. The van der Waals surface area contributed by atoms with Crippen LogP contribution in [0.1, 0.15) is 82.7 Å². The van der Waals surface area contributed by atoms with E-state index in [0.717, 1.165) is 16.7 Å². The summed E-state index contributed by atoms with van der Waals surface area (Å²) >= 11 is 0. The van der Waals surface area contributed by atoms with E-state index in [1.165, 1.54) is 0 Å². The molecule has 9 heteroatoms. The van der Waals surface area contributed by atoms with Gasteiger partial charge in [-0.1, -0.05) is 55.5 Å². The van der Waals surface area contributed by atoms with Crippen molar-refractivity contribution in [1.82, 2.24) is 15.5 Å². The average Bonchev–Trinajstić information content (AvgIpc) is 2.92. The van der Waals surface area contributed by atoms with Gasteiger partial charge >= 0.3 is 12.1 Å². The van der Waals surface area contributed by atoms with E-state index in [-0.39, 0.29) is 32.0 Å². The second-order valence-corrected chi connectivity index (χ2v) is 11.4. The van der Waals surface area contributed by atoms with Gasteiger partial charge in [-0.2, -0.15) is 0 Å². The van der Waals surface area contributed by atoms with Gasteiger partial charge in [0.15, 0.2) is 0 Å². The van der Waals surface area contributed by atoms with E-state index < -0.39 is 41.6 Å². The molecule has 2 aromatic rings. The van der Waals surface area contributed by atoms with Gasteiger partial charge in [0.25, 0.3) is 0 Å². The molecule has 0 aromatic heterocycles. The minimum absolute atomic E-state index is 0.00715. The number of aryl methyl sites for hydroxylation is 1.